The zero-order chi connectivity index (χ0) is 27.5. The molecule has 0 unspecified atom stereocenters. The van der Waals surface area contributed by atoms with Crippen LogP contribution in [0.15, 0.2) is 66.8 Å². The van der Waals surface area contributed by atoms with Crippen LogP contribution in [0, 0.1) is 5.41 Å². The first-order chi connectivity index (χ1) is 16.7. The number of nitrogens with one attached hydrogen (secondary N) is 1. The van der Waals surface area contributed by atoms with Crippen LogP contribution in [-0.4, -0.2) is 66.0 Å². The van der Waals surface area contributed by atoms with E-state index in [-0.39, 0.29) is 12.4 Å². The summed E-state index contributed by atoms with van der Waals surface area (Å²) in [6.45, 7) is 4.82. The molecule has 36 heavy (non-hydrogen) atoms. The number of carboxylic acid groups (broad SMARTS) is 1. The minimum absolute atomic E-state index is 0.0779. The van der Waals surface area contributed by atoms with Gasteiger partial charge in [0.15, 0.2) is 0 Å². The molecule has 12 heteroatoms. The van der Waals surface area contributed by atoms with Crippen molar-refractivity contribution in [3.05, 3.63) is 83.4 Å². The second-order valence-corrected chi connectivity index (χ2v) is 8.84. The van der Waals surface area contributed by atoms with Gasteiger partial charge in [0.05, 0.1) is 11.8 Å². The highest BCUT2D eigenvalue weighted by atomic mass is 32.2. The fourth-order valence-corrected chi connectivity index (χ4v) is 2.68. The lowest BCUT2D eigenvalue weighted by atomic mass is 10.1. The zero-order valence-electron chi connectivity index (χ0n) is 19.7. The summed E-state index contributed by atoms with van der Waals surface area (Å²) in [5.41, 5.74) is 7.25. The number of nitrogens with zero attached hydrogens (tertiary/aromatic N) is 1. The maximum absolute atomic E-state index is 12.5. The molecular formula is C24H27N3O8S. The average molecular weight is 518 g/mol. The lowest BCUT2D eigenvalue weighted by Crippen LogP contribution is -2.36. The van der Waals surface area contributed by atoms with Crippen molar-refractivity contribution in [2.75, 3.05) is 19.3 Å². The minimum Gasteiger partial charge on any atom is -0.480 e. The predicted octanol–water partition coefficient (Wildman–Crippen LogP) is 2.20. The van der Waals surface area contributed by atoms with Crippen molar-refractivity contribution in [3.8, 4) is 5.75 Å². The largest absolute Gasteiger partial charge is 0.480 e. The monoisotopic (exact) mass is 517 g/mol. The third-order valence-corrected chi connectivity index (χ3v) is 4.21. The Morgan fingerprint density at radius 1 is 1.08 bits per heavy atom. The smallest absolute Gasteiger partial charge is 0.343 e. The summed E-state index contributed by atoms with van der Waals surface area (Å²) in [7, 11) is -3.67. The van der Waals surface area contributed by atoms with E-state index in [4.69, 9.17) is 25.5 Å². The first-order valence-corrected chi connectivity index (χ1v) is 12.1. The second kappa shape index (κ2) is 13.6. The number of hydrogen-bond donors (Lipinski definition) is 4. The van der Waals surface area contributed by atoms with Crippen molar-refractivity contribution in [2.45, 2.75) is 6.92 Å². The van der Waals surface area contributed by atoms with E-state index in [1.807, 2.05) is 0 Å². The molecule has 0 heterocycles. The van der Waals surface area contributed by atoms with Gasteiger partial charge in [0.25, 0.3) is 10.1 Å². The van der Waals surface area contributed by atoms with Crippen LogP contribution in [0.25, 0.3) is 6.08 Å². The van der Waals surface area contributed by atoms with Crippen LogP contribution in [0.1, 0.15) is 28.4 Å². The molecule has 0 saturated carbocycles. The van der Waals surface area contributed by atoms with E-state index >= 15 is 0 Å². The Morgan fingerprint density at radius 3 is 2.03 bits per heavy atom. The summed E-state index contributed by atoms with van der Waals surface area (Å²) < 4.78 is 31.2. The number of hydrogen-bond acceptors (Lipinski definition) is 7. The maximum Gasteiger partial charge on any atom is 0.343 e. The van der Waals surface area contributed by atoms with Gasteiger partial charge in [0.2, 0.25) is 5.91 Å². The van der Waals surface area contributed by atoms with Gasteiger partial charge in [0, 0.05) is 17.7 Å². The average Bonchev–Trinajstić information content (AvgIpc) is 2.77. The summed E-state index contributed by atoms with van der Waals surface area (Å²) in [6.07, 6.45) is 3.78. The number of esters is 1. The molecule has 11 nitrogen and oxygen atoms in total. The van der Waals surface area contributed by atoms with Crippen molar-refractivity contribution in [1.82, 2.24) is 4.90 Å². The Bertz CT molecular complexity index is 1240. The second-order valence-electron chi connectivity index (χ2n) is 7.38. The lowest BCUT2D eigenvalue weighted by molar-refractivity contribution is -0.142. The van der Waals surface area contributed by atoms with E-state index in [0.29, 0.717) is 34.3 Å². The van der Waals surface area contributed by atoms with Gasteiger partial charge in [0.1, 0.15) is 18.1 Å². The summed E-state index contributed by atoms with van der Waals surface area (Å²) in [5, 5.41) is 16.3. The fraction of sp³-hybridized carbons (Fsp3) is 0.167. The zero-order valence-corrected chi connectivity index (χ0v) is 20.5. The highest BCUT2D eigenvalue weighted by molar-refractivity contribution is 7.85. The molecule has 2 aromatic carbocycles. The Hall–Kier alpha value is -4.29. The minimum atomic E-state index is -3.67. The first-order valence-electron chi connectivity index (χ1n) is 10.2. The Balaban J connectivity index is 0.00000118. The lowest BCUT2D eigenvalue weighted by Gasteiger charge is -2.19. The van der Waals surface area contributed by atoms with Gasteiger partial charge in [-0.2, -0.15) is 8.42 Å². The van der Waals surface area contributed by atoms with Crippen molar-refractivity contribution >= 4 is 39.9 Å². The van der Waals surface area contributed by atoms with Crippen molar-refractivity contribution < 1.29 is 37.2 Å². The number of rotatable bonds is 9. The molecule has 0 saturated heterocycles. The number of nitrogens with two attached hydrogens (primary N) is 1. The molecule has 2 aromatic rings. The third-order valence-electron chi connectivity index (χ3n) is 4.21. The number of ether oxygens (including phenoxy) is 1. The van der Waals surface area contributed by atoms with Crippen LogP contribution >= 0.6 is 0 Å². The van der Waals surface area contributed by atoms with Crippen molar-refractivity contribution in [3.63, 3.8) is 0 Å². The number of amidine groups is 1. The first kappa shape index (κ1) is 29.7. The quantitative estimate of drug-likeness (QED) is 0.0735. The normalized spacial score (nSPS) is 10.9. The molecule has 0 aliphatic heterocycles. The van der Waals surface area contributed by atoms with Crippen LogP contribution in [-0.2, 0) is 19.7 Å². The van der Waals surface area contributed by atoms with Crippen LogP contribution in [0.5, 0.6) is 5.75 Å². The highest BCUT2D eigenvalue weighted by Crippen LogP contribution is 2.16. The Kier molecular flexibility index (Phi) is 11.2. The Labute approximate surface area is 208 Å². The third kappa shape index (κ3) is 11.2. The molecule has 0 bridgehead atoms. The molecular weight excluding hydrogens is 490 g/mol. The van der Waals surface area contributed by atoms with E-state index in [1.165, 1.54) is 11.0 Å². The molecule has 0 radical (unpaired) electrons. The number of aliphatic carboxylic acids is 1. The number of nitrogen functional groups attached to an aromatic ring is 1. The van der Waals surface area contributed by atoms with Gasteiger partial charge < -0.3 is 20.5 Å². The van der Waals surface area contributed by atoms with Gasteiger partial charge in [-0.25, -0.2) is 4.79 Å². The molecule has 0 fully saturated rings. The van der Waals surface area contributed by atoms with Crippen molar-refractivity contribution in [2.24, 2.45) is 5.73 Å². The van der Waals surface area contributed by atoms with Gasteiger partial charge in [-0.1, -0.05) is 18.2 Å². The van der Waals surface area contributed by atoms with Crippen LogP contribution in [0.2, 0.25) is 0 Å². The molecule has 192 valence electrons. The summed E-state index contributed by atoms with van der Waals surface area (Å²) in [5.74, 6) is -1.84. The van der Waals surface area contributed by atoms with Gasteiger partial charge in [-0.05, 0) is 55.0 Å². The SMILES string of the molecule is C=CCN(CC(=O)O)C(=O)/C(C)=C\c1ccc(C(=O)Oc2ccc(C(=N)N)cc2)cc1.CS(=O)(=O)O. The van der Waals surface area contributed by atoms with Crippen LogP contribution < -0.4 is 10.5 Å². The molecule has 0 atom stereocenters. The predicted molar refractivity (Wildman–Crippen MR) is 134 cm³/mol. The molecule has 0 aliphatic carbocycles. The summed E-state index contributed by atoms with van der Waals surface area (Å²) >= 11 is 0. The van der Waals surface area contributed by atoms with Gasteiger partial charge in [-0.15, -0.1) is 6.58 Å². The van der Waals surface area contributed by atoms with E-state index in [2.05, 4.69) is 6.58 Å². The standard InChI is InChI=1S/C23H23N3O5.CH4O3S/c1-3-12-26(14-20(27)28)22(29)15(2)13-16-4-6-18(7-5-16)23(30)31-19-10-8-17(9-11-19)21(24)25;1-5(2,3)4/h3-11,13H,1,12,14H2,2H3,(H3,24,25)(H,27,28);1H3,(H,2,3,4)/b15-13-;. The van der Waals surface area contributed by atoms with Gasteiger partial charge >= 0.3 is 11.9 Å². The molecule has 1 amide bonds. The Morgan fingerprint density at radius 2 is 1.58 bits per heavy atom. The summed E-state index contributed by atoms with van der Waals surface area (Å²) in [6, 6.07) is 12.7. The number of carbonyl (C=O) groups excluding carboxylic acids is 2. The molecule has 0 aromatic heterocycles. The maximum atomic E-state index is 12.5. The van der Waals surface area contributed by atoms with Crippen LogP contribution in [0.3, 0.4) is 0 Å². The molecule has 2 rings (SSSR count). The van der Waals surface area contributed by atoms with E-state index < -0.39 is 34.5 Å². The topological polar surface area (TPSA) is 188 Å². The highest BCUT2D eigenvalue weighted by Gasteiger charge is 2.17. The fourth-order valence-electron chi connectivity index (χ4n) is 2.68. The van der Waals surface area contributed by atoms with Gasteiger partial charge in [-0.3, -0.25) is 19.6 Å². The number of amides is 1. The van der Waals surface area contributed by atoms with E-state index in [0.717, 1.165) is 0 Å². The number of benzene rings is 2. The number of carbonyl (C=O) groups is 3. The van der Waals surface area contributed by atoms with E-state index in [1.54, 1.807) is 61.5 Å². The van der Waals surface area contributed by atoms with E-state index in [9.17, 15) is 22.8 Å². The molecule has 5 N–H and O–H groups in total. The molecule has 0 spiro atoms. The van der Waals surface area contributed by atoms with Crippen LogP contribution in [0.4, 0.5) is 0 Å². The number of carboxylic acids is 1. The molecule has 0 aliphatic rings. The summed E-state index contributed by atoms with van der Waals surface area (Å²) in [4.78, 5) is 36.9. The van der Waals surface area contributed by atoms with Crippen molar-refractivity contribution in [1.29, 1.82) is 5.41 Å².